The van der Waals surface area contributed by atoms with Crippen LogP contribution in [0.1, 0.15) is 37.4 Å². The fourth-order valence-corrected chi connectivity index (χ4v) is 2.34. The number of allylic oxidation sites excluding steroid dienone is 1. The third kappa shape index (κ3) is 3.00. The number of aromatic nitrogens is 3. The highest BCUT2D eigenvalue weighted by Crippen LogP contribution is 2.31. The molecule has 1 aliphatic heterocycles. The molecule has 0 aromatic carbocycles. The van der Waals surface area contributed by atoms with Gasteiger partial charge in [0.05, 0.1) is 0 Å². The molecule has 0 atom stereocenters. The number of nitrogens with one attached hydrogen (secondary N) is 2. The first kappa shape index (κ1) is 14.3. The number of aromatic hydroxyl groups is 1. The van der Waals surface area contributed by atoms with Crippen molar-refractivity contribution in [3.8, 4) is 5.88 Å². The van der Waals surface area contributed by atoms with Crippen LogP contribution in [0.4, 0.5) is 11.8 Å². The lowest BCUT2D eigenvalue weighted by Gasteiger charge is -2.00. The van der Waals surface area contributed by atoms with Crippen molar-refractivity contribution in [1.82, 2.24) is 15.0 Å². The molecule has 3 heterocycles. The van der Waals surface area contributed by atoms with Gasteiger partial charge in [-0.1, -0.05) is 19.8 Å². The highest BCUT2D eigenvalue weighted by atomic mass is 16.3. The summed E-state index contributed by atoms with van der Waals surface area (Å²) in [7, 11) is 0. The van der Waals surface area contributed by atoms with Crippen molar-refractivity contribution in [2.75, 3.05) is 11.9 Å². The molecule has 6 heteroatoms. The number of aromatic amines is 1. The van der Waals surface area contributed by atoms with Crippen LogP contribution < -0.4 is 5.32 Å². The van der Waals surface area contributed by atoms with Gasteiger partial charge in [0.2, 0.25) is 11.8 Å². The standard InChI is InChI=1S/C16H19N5O/c1-2-3-4-7-18-16-20-13(15(22)21-16)9-11-10-19-14-12(11)6-5-8-17-14/h5-6,8-10,22H,2-4,7H2,1H3,(H2,18,20,21)/b11-9+. The third-order valence-electron chi connectivity index (χ3n) is 3.51. The smallest absolute Gasteiger partial charge is 0.238 e. The Labute approximate surface area is 129 Å². The van der Waals surface area contributed by atoms with Crippen molar-refractivity contribution in [2.24, 2.45) is 4.99 Å². The molecule has 1 aliphatic rings. The number of pyridine rings is 1. The van der Waals surface area contributed by atoms with Crippen molar-refractivity contribution in [3.05, 3.63) is 29.6 Å². The maximum atomic E-state index is 9.96. The van der Waals surface area contributed by atoms with Crippen molar-refractivity contribution in [3.63, 3.8) is 0 Å². The van der Waals surface area contributed by atoms with E-state index in [0.29, 0.717) is 17.5 Å². The van der Waals surface area contributed by atoms with Crippen LogP contribution in [0, 0.1) is 0 Å². The molecule has 0 amide bonds. The van der Waals surface area contributed by atoms with Crippen LogP contribution in [0.25, 0.3) is 11.6 Å². The molecule has 0 unspecified atom stereocenters. The number of nitrogens with zero attached hydrogens (tertiary/aromatic N) is 3. The van der Waals surface area contributed by atoms with Crippen LogP contribution in [0.15, 0.2) is 23.3 Å². The normalized spacial score (nSPS) is 14.5. The monoisotopic (exact) mass is 297 g/mol. The van der Waals surface area contributed by atoms with Crippen LogP contribution in [0.2, 0.25) is 0 Å². The van der Waals surface area contributed by atoms with Gasteiger partial charge in [-0.25, -0.2) is 9.98 Å². The summed E-state index contributed by atoms with van der Waals surface area (Å²) in [6.07, 6.45) is 8.72. The summed E-state index contributed by atoms with van der Waals surface area (Å²) in [4.78, 5) is 15.6. The van der Waals surface area contributed by atoms with Crippen LogP contribution in [0.3, 0.4) is 0 Å². The molecule has 114 valence electrons. The van der Waals surface area contributed by atoms with E-state index in [1.807, 2.05) is 18.2 Å². The van der Waals surface area contributed by atoms with Gasteiger partial charge in [-0.15, -0.1) is 0 Å². The Balaban J connectivity index is 1.75. The number of H-pyrrole nitrogens is 1. The number of fused-ring (bicyclic) bond motifs is 1. The Morgan fingerprint density at radius 1 is 1.36 bits per heavy atom. The first-order chi connectivity index (χ1) is 10.8. The molecule has 3 rings (SSSR count). The Morgan fingerprint density at radius 2 is 2.27 bits per heavy atom. The fraction of sp³-hybridized carbons (Fsp3) is 0.312. The second kappa shape index (κ2) is 6.43. The topological polar surface area (TPSA) is 86.2 Å². The number of rotatable bonds is 6. The summed E-state index contributed by atoms with van der Waals surface area (Å²) < 4.78 is 0. The molecule has 3 N–H and O–H groups in total. The van der Waals surface area contributed by atoms with Crippen molar-refractivity contribution >= 4 is 29.6 Å². The average molecular weight is 297 g/mol. The molecule has 0 spiro atoms. The Bertz CT molecular complexity index is 717. The molecule has 0 aliphatic carbocycles. The van der Waals surface area contributed by atoms with E-state index in [2.05, 4.69) is 32.2 Å². The summed E-state index contributed by atoms with van der Waals surface area (Å²) in [6.45, 7) is 3.00. The Morgan fingerprint density at radius 3 is 3.14 bits per heavy atom. The molecule has 22 heavy (non-hydrogen) atoms. The zero-order chi connectivity index (χ0) is 15.4. The minimum Gasteiger partial charge on any atom is -0.492 e. The van der Waals surface area contributed by atoms with E-state index in [1.165, 1.54) is 12.8 Å². The number of imidazole rings is 1. The highest BCUT2D eigenvalue weighted by molar-refractivity contribution is 6.20. The maximum Gasteiger partial charge on any atom is 0.238 e. The zero-order valence-corrected chi connectivity index (χ0v) is 12.5. The van der Waals surface area contributed by atoms with Gasteiger partial charge in [-0.05, 0) is 24.6 Å². The van der Waals surface area contributed by atoms with E-state index < -0.39 is 0 Å². The van der Waals surface area contributed by atoms with E-state index in [0.717, 1.165) is 24.1 Å². The van der Waals surface area contributed by atoms with Crippen LogP contribution in [-0.2, 0) is 0 Å². The van der Waals surface area contributed by atoms with E-state index in [1.54, 1.807) is 12.4 Å². The minimum absolute atomic E-state index is 0.0174. The van der Waals surface area contributed by atoms with Gasteiger partial charge in [0.1, 0.15) is 5.69 Å². The van der Waals surface area contributed by atoms with E-state index in [9.17, 15) is 5.11 Å². The van der Waals surface area contributed by atoms with E-state index in [-0.39, 0.29) is 5.88 Å². The SMILES string of the molecule is CCCCCNc1nc(O)c(/C=C2\C=Nc3ncccc32)[nH]1. The number of hydrogen-bond donors (Lipinski definition) is 3. The first-order valence-electron chi connectivity index (χ1n) is 7.52. The van der Waals surface area contributed by atoms with Crippen molar-refractivity contribution in [2.45, 2.75) is 26.2 Å². The summed E-state index contributed by atoms with van der Waals surface area (Å²) >= 11 is 0. The molecule has 0 radical (unpaired) electrons. The van der Waals surface area contributed by atoms with E-state index in [4.69, 9.17) is 0 Å². The lowest BCUT2D eigenvalue weighted by molar-refractivity contribution is 0.455. The van der Waals surface area contributed by atoms with Gasteiger partial charge < -0.3 is 15.4 Å². The molecule has 0 saturated heterocycles. The maximum absolute atomic E-state index is 9.96. The predicted octanol–water partition coefficient (Wildman–Crippen LogP) is 3.37. The molecular weight excluding hydrogens is 278 g/mol. The zero-order valence-electron chi connectivity index (χ0n) is 12.5. The molecule has 0 fully saturated rings. The van der Waals surface area contributed by atoms with Gasteiger partial charge in [0.25, 0.3) is 0 Å². The van der Waals surface area contributed by atoms with Gasteiger partial charge >= 0.3 is 0 Å². The molecule has 0 bridgehead atoms. The first-order valence-corrected chi connectivity index (χ1v) is 7.52. The summed E-state index contributed by atoms with van der Waals surface area (Å²) in [6, 6.07) is 3.83. The number of anilines is 1. The van der Waals surface area contributed by atoms with Gasteiger partial charge in [-0.3, -0.25) is 0 Å². The third-order valence-corrected chi connectivity index (χ3v) is 3.51. The molecular formula is C16H19N5O. The van der Waals surface area contributed by atoms with Gasteiger partial charge in [0, 0.05) is 30.1 Å². The fourth-order valence-electron chi connectivity index (χ4n) is 2.34. The molecule has 2 aromatic rings. The van der Waals surface area contributed by atoms with Crippen LogP contribution in [-0.4, -0.2) is 32.8 Å². The quantitative estimate of drug-likeness (QED) is 0.713. The molecule has 6 nitrogen and oxygen atoms in total. The lowest BCUT2D eigenvalue weighted by atomic mass is 10.1. The van der Waals surface area contributed by atoms with Gasteiger partial charge in [-0.2, -0.15) is 4.98 Å². The van der Waals surface area contributed by atoms with Crippen molar-refractivity contribution < 1.29 is 5.11 Å². The highest BCUT2D eigenvalue weighted by Gasteiger charge is 2.14. The number of aliphatic imine (C=N–C) groups is 1. The molecule has 2 aromatic heterocycles. The van der Waals surface area contributed by atoms with Crippen molar-refractivity contribution in [1.29, 1.82) is 0 Å². The largest absolute Gasteiger partial charge is 0.492 e. The number of hydrogen-bond acceptors (Lipinski definition) is 5. The lowest BCUT2D eigenvalue weighted by Crippen LogP contribution is -2.02. The van der Waals surface area contributed by atoms with Gasteiger partial charge in [0.15, 0.2) is 5.82 Å². The molecule has 0 saturated carbocycles. The second-order valence-electron chi connectivity index (χ2n) is 5.19. The van der Waals surface area contributed by atoms with Crippen LogP contribution >= 0.6 is 0 Å². The Kier molecular flexibility index (Phi) is 4.18. The van der Waals surface area contributed by atoms with Crippen LogP contribution in [0.5, 0.6) is 5.88 Å². The average Bonchev–Trinajstić information content (AvgIpc) is 3.09. The summed E-state index contributed by atoms with van der Waals surface area (Å²) in [5, 5.41) is 13.1. The minimum atomic E-state index is -0.0174. The summed E-state index contributed by atoms with van der Waals surface area (Å²) in [5.74, 6) is 1.27. The summed E-state index contributed by atoms with van der Waals surface area (Å²) in [5.41, 5.74) is 2.42. The Hall–Kier alpha value is -2.63. The van der Waals surface area contributed by atoms with E-state index >= 15 is 0 Å². The predicted molar refractivity (Wildman–Crippen MR) is 88.5 cm³/mol. The second-order valence-corrected chi connectivity index (χ2v) is 5.19. The number of unbranched alkanes of at least 4 members (excludes halogenated alkanes) is 2.